The highest BCUT2D eigenvalue weighted by Gasteiger charge is 2.16. The molecule has 0 aliphatic rings. The van der Waals surface area contributed by atoms with Crippen LogP contribution in [0.3, 0.4) is 0 Å². The van der Waals surface area contributed by atoms with E-state index in [1.807, 2.05) is 90.2 Å². The molecule has 0 saturated heterocycles. The van der Waals surface area contributed by atoms with Gasteiger partial charge in [-0.15, -0.1) is 11.3 Å². The summed E-state index contributed by atoms with van der Waals surface area (Å²) in [5.41, 5.74) is 7.64. The van der Waals surface area contributed by atoms with Crippen LogP contribution in [-0.2, 0) is 0 Å². The van der Waals surface area contributed by atoms with Crippen molar-refractivity contribution in [3.8, 4) is 67.5 Å². The molecule has 7 aromatic carbocycles. The van der Waals surface area contributed by atoms with Crippen LogP contribution in [0.4, 0.5) is 0 Å². The van der Waals surface area contributed by atoms with Crippen molar-refractivity contribution in [2.24, 2.45) is 0 Å². The minimum absolute atomic E-state index is 0.00295. The molecule has 9 aromatic rings. The summed E-state index contributed by atoms with van der Waals surface area (Å²) in [7, 11) is 0. The third kappa shape index (κ3) is 5.48. The SMILES string of the molecule is [2H]c1c([2H])c([2H])c(-c2nc(-c3ccc(-c4ccc(-c5cccc6c5sc5ccccc56)cc4)cc3)nc(-c3ccccc3-c3ccccc3)n2)c([2H])c1[2H]. The van der Waals surface area contributed by atoms with Crippen molar-refractivity contribution in [3.05, 3.63) is 176 Å². The lowest BCUT2D eigenvalue weighted by molar-refractivity contribution is 1.07. The molecule has 0 aliphatic heterocycles. The summed E-state index contributed by atoms with van der Waals surface area (Å²) in [6, 6.07) is 47.1. The molecule has 2 heterocycles. The largest absolute Gasteiger partial charge is 0.208 e. The highest BCUT2D eigenvalue weighted by atomic mass is 32.1. The molecule has 230 valence electrons. The molecule has 2 aromatic heterocycles. The molecular weight excluding hydrogens is 615 g/mol. The van der Waals surface area contributed by atoms with Gasteiger partial charge in [0.05, 0.1) is 6.85 Å². The van der Waals surface area contributed by atoms with Crippen LogP contribution in [0.2, 0.25) is 0 Å². The summed E-state index contributed by atoms with van der Waals surface area (Å²) in [5, 5.41) is 2.55. The first kappa shape index (κ1) is 24.0. The smallest absolute Gasteiger partial charge is 0.164 e. The van der Waals surface area contributed by atoms with Gasteiger partial charge < -0.3 is 0 Å². The maximum Gasteiger partial charge on any atom is 0.164 e. The van der Waals surface area contributed by atoms with Crippen molar-refractivity contribution in [3.63, 3.8) is 0 Å². The molecule has 0 fully saturated rings. The number of hydrogen-bond donors (Lipinski definition) is 0. The Morgan fingerprint density at radius 3 is 1.65 bits per heavy atom. The third-order valence-electron chi connectivity index (χ3n) is 8.69. The molecule has 0 N–H and O–H groups in total. The highest BCUT2D eigenvalue weighted by Crippen LogP contribution is 2.40. The lowest BCUT2D eigenvalue weighted by Crippen LogP contribution is -2.01. The fourth-order valence-corrected chi connectivity index (χ4v) is 7.51. The van der Waals surface area contributed by atoms with Crippen LogP contribution in [0.5, 0.6) is 0 Å². The summed E-state index contributed by atoms with van der Waals surface area (Å²) < 4.78 is 44.7. The van der Waals surface area contributed by atoms with Crippen molar-refractivity contribution >= 4 is 31.5 Å². The van der Waals surface area contributed by atoms with Crippen molar-refractivity contribution < 1.29 is 6.85 Å². The van der Waals surface area contributed by atoms with Crippen LogP contribution in [0.1, 0.15) is 6.85 Å². The average molecular weight is 649 g/mol. The van der Waals surface area contributed by atoms with Gasteiger partial charge >= 0.3 is 0 Å². The van der Waals surface area contributed by atoms with Gasteiger partial charge in [0.25, 0.3) is 0 Å². The molecule has 0 spiro atoms. The molecule has 0 aliphatic carbocycles. The normalized spacial score (nSPS) is 12.7. The van der Waals surface area contributed by atoms with Crippen LogP contribution in [0.25, 0.3) is 87.7 Å². The van der Waals surface area contributed by atoms with Gasteiger partial charge in [-0.25, -0.2) is 15.0 Å². The molecule has 3 nitrogen and oxygen atoms in total. The number of hydrogen-bond acceptors (Lipinski definition) is 4. The summed E-state index contributed by atoms with van der Waals surface area (Å²) in [4.78, 5) is 14.4. The van der Waals surface area contributed by atoms with Crippen LogP contribution in [0, 0.1) is 0 Å². The Morgan fingerprint density at radius 2 is 0.898 bits per heavy atom. The van der Waals surface area contributed by atoms with E-state index >= 15 is 0 Å². The Morgan fingerprint density at radius 1 is 0.367 bits per heavy atom. The summed E-state index contributed by atoms with van der Waals surface area (Å²) in [5.74, 6) is 0.653. The quantitative estimate of drug-likeness (QED) is 0.180. The van der Waals surface area contributed by atoms with Crippen molar-refractivity contribution in [1.82, 2.24) is 15.0 Å². The number of thiophene rings is 1. The van der Waals surface area contributed by atoms with E-state index in [9.17, 15) is 0 Å². The topological polar surface area (TPSA) is 38.7 Å². The Kier molecular flexibility index (Phi) is 6.08. The van der Waals surface area contributed by atoms with E-state index in [0.29, 0.717) is 17.2 Å². The average Bonchev–Trinajstić information content (AvgIpc) is 3.62. The second kappa shape index (κ2) is 12.4. The summed E-state index contributed by atoms with van der Waals surface area (Å²) in [6.45, 7) is 0. The van der Waals surface area contributed by atoms with E-state index in [1.54, 1.807) is 0 Å². The van der Waals surface area contributed by atoms with Crippen LogP contribution in [-0.4, -0.2) is 15.0 Å². The zero-order chi connectivity index (χ0) is 36.9. The lowest BCUT2D eigenvalue weighted by atomic mass is 9.98. The number of rotatable bonds is 6. The zero-order valence-corrected chi connectivity index (χ0v) is 26.9. The van der Waals surface area contributed by atoms with Crippen LogP contribution >= 0.6 is 11.3 Å². The minimum Gasteiger partial charge on any atom is -0.208 e. The minimum atomic E-state index is -0.474. The fourth-order valence-electron chi connectivity index (χ4n) is 6.28. The van der Waals surface area contributed by atoms with Crippen LogP contribution in [0.15, 0.2) is 176 Å². The zero-order valence-electron chi connectivity index (χ0n) is 31.1. The van der Waals surface area contributed by atoms with E-state index < -0.39 is 18.1 Å². The predicted molar refractivity (Wildman–Crippen MR) is 205 cm³/mol. The van der Waals surface area contributed by atoms with Gasteiger partial charge in [0.1, 0.15) is 0 Å². The van der Waals surface area contributed by atoms with Gasteiger partial charge in [-0.3, -0.25) is 0 Å². The lowest BCUT2D eigenvalue weighted by Gasteiger charge is -2.12. The van der Waals surface area contributed by atoms with E-state index in [2.05, 4.69) is 66.7 Å². The van der Waals surface area contributed by atoms with E-state index in [0.717, 1.165) is 33.4 Å². The Hall–Kier alpha value is -6.23. The van der Waals surface area contributed by atoms with Crippen LogP contribution < -0.4 is 0 Å². The molecule has 0 bridgehead atoms. The molecule has 9 rings (SSSR count). The molecule has 49 heavy (non-hydrogen) atoms. The first-order valence-corrected chi connectivity index (χ1v) is 16.8. The number of benzene rings is 7. The predicted octanol–water partition coefficient (Wildman–Crippen LogP) is 12.2. The molecule has 0 unspecified atom stereocenters. The maximum absolute atomic E-state index is 8.69. The van der Waals surface area contributed by atoms with E-state index in [1.165, 1.54) is 25.7 Å². The van der Waals surface area contributed by atoms with Crippen molar-refractivity contribution in [2.45, 2.75) is 0 Å². The van der Waals surface area contributed by atoms with Gasteiger partial charge in [0.15, 0.2) is 17.5 Å². The molecule has 4 heteroatoms. The Balaban J connectivity index is 1.12. The first-order chi connectivity index (χ1) is 26.4. The van der Waals surface area contributed by atoms with Gasteiger partial charge in [0, 0.05) is 36.9 Å². The van der Waals surface area contributed by atoms with Gasteiger partial charge in [-0.1, -0.05) is 170 Å². The van der Waals surface area contributed by atoms with E-state index in [-0.39, 0.29) is 23.5 Å². The van der Waals surface area contributed by atoms with Gasteiger partial charge in [0.2, 0.25) is 0 Å². The Bertz CT molecular complexity index is 2840. The maximum atomic E-state index is 8.69. The highest BCUT2D eigenvalue weighted by molar-refractivity contribution is 7.26. The number of fused-ring (bicyclic) bond motifs is 3. The fraction of sp³-hybridized carbons (Fsp3) is 0. The van der Waals surface area contributed by atoms with Crippen molar-refractivity contribution in [2.75, 3.05) is 0 Å². The third-order valence-corrected chi connectivity index (χ3v) is 9.91. The molecular formula is C45H29N3S. The molecule has 0 amide bonds. The van der Waals surface area contributed by atoms with E-state index in [4.69, 9.17) is 21.8 Å². The summed E-state index contributed by atoms with van der Waals surface area (Å²) >= 11 is 1.82. The van der Waals surface area contributed by atoms with Gasteiger partial charge in [-0.2, -0.15) is 0 Å². The second-order valence-electron chi connectivity index (χ2n) is 11.7. The van der Waals surface area contributed by atoms with Crippen molar-refractivity contribution in [1.29, 1.82) is 0 Å². The monoisotopic (exact) mass is 648 g/mol. The molecule has 0 saturated carbocycles. The summed E-state index contributed by atoms with van der Waals surface area (Å²) in [6.07, 6.45) is 0. The first-order valence-electron chi connectivity index (χ1n) is 18.5. The standard InChI is InChI=1S/C45H29N3S/c1-3-12-32(13-4-1)36-16-7-8-18-40(36)45-47-43(34-14-5-2-6-15-34)46-44(48-45)35-28-24-31(25-29-35)30-22-26-33(27-23-30)37-19-11-20-39-38-17-9-10-21-41(38)49-42(37)39/h1-29H/i2D,5D,6D,14D,15D. The molecule has 0 radical (unpaired) electrons. The number of nitrogens with zero attached hydrogens (tertiary/aromatic N) is 3. The van der Waals surface area contributed by atoms with Gasteiger partial charge in [-0.05, 0) is 39.4 Å². The Labute approximate surface area is 295 Å². The second-order valence-corrected chi connectivity index (χ2v) is 12.7. The molecule has 0 atom stereocenters. The number of aromatic nitrogens is 3.